The maximum absolute atomic E-state index is 12.2. The number of carboxylic acids is 1. The lowest BCUT2D eigenvalue weighted by Gasteiger charge is -2.23. The Labute approximate surface area is 125 Å². The molecule has 0 saturated carbocycles. The fourth-order valence-corrected chi connectivity index (χ4v) is 2.68. The Bertz CT molecular complexity index is 540. The number of carbonyl (C=O) groups is 2. The molecule has 0 fully saturated rings. The van der Waals surface area contributed by atoms with Crippen molar-refractivity contribution >= 4 is 17.7 Å². The van der Waals surface area contributed by atoms with E-state index in [4.69, 9.17) is 5.11 Å². The molecule has 0 heterocycles. The predicted molar refractivity (Wildman–Crippen MR) is 81.5 cm³/mol. The van der Waals surface area contributed by atoms with Crippen molar-refractivity contribution in [1.82, 2.24) is 4.90 Å². The van der Waals surface area contributed by atoms with Crippen LogP contribution in [0.5, 0.6) is 0 Å². The summed E-state index contributed by atoms with van der Waals surface area (Å²) >= 11 is 0. The van der Waals surface area contributed by atoms with Gasteiger partial charge in [0.1, 0.15) is 6.54 Å². The zero-order valence-corrected chi connectivity index (χ0v) is 12.6. The second-order valence-electron chi connectivity index (χ2n) is 5.94. The Morgan fingerprint density at radius 3 is 2.67 bits per heavy atom. The van der Waals surface area contributed by atoms with E-state index in [1.165, 1.54) is 16.0 Å². The van der Waals surface area contributed by atoms with E-state index in [-0.39, 0.29) is 18.5 Å². The van der Waals surface area contributed by atoms with Crippen LogP contribution in [-0.2, 0) is 17.6 Å². The smallest absolute Gasteiger partial charge is 0.323 e. The third-order valence-electron chi connectivity index (χ3n) is 3.55. The number of benzene rings is 1. The van der Waals surface area contributed by atoms with Crippen LogP contribution in [0, 0.1) is 5.92 Å². The first-order valence-corrected chi connectivity index (χ1v) is 7.35. The average molecular weight is 290 g/mol. The van der Waals surface area contributed by atoms with Crippen molar-refractivity contribution in [3.8, 4) is 0 Å². The van der Waals surface area contributed by atoms with Crippen molar-refractivity contribution in [2.24, 2.45) is 5.92 Å². The normalized spacial score (nSPS) is 13.1. The number of nitrogens with zero attached hydrogens (tertiary/aromatic N) is 1. The number of urea groups is 1. The maximum atomic E-state index is 12.2. The number of aryl methyl sites for hydroxylation is 2. The van der Waals surface area contributed by atoms with E-state index >= 15 is 0 Å². The second kappa shape index (κ2) is 6.61. The molecule has 0 spiro atoms. The molecule has 5 nitrogen and oxygen atoms in total. The maximum Gasteiger partial charge on any atom is 0.323 e. The van der Waals surface area contributed by atoms with E-state index in [0.29, 0.717) is 6.54 Å². The van der Waals surface area contributed by atoms with E-state index in [1.807, 2.05) is 32.0 Å². The van der Waals surface area contributed by atoms with Gasteiger partial charge in [0.25, 0.3) is 0 Å². The molecule has 2 N–H and O–H groups in total. The molecule has 2 rings (SSSR count). The topological polar surface area (TPSA) is 69.6 Å². The van der Waals surface area contributed by atoms with Crippen LogP contribution in [0.3, 0.4) is 0 Å². The molecule has 0 aromatic heterocycles. The third-order valence-corrected chi connectivity index (χ3v) is 3.55. The van der Waals surface area contributed by atoms with Gasteiger partial charge in [-0.15, -0.1) is 0 Å². The summed E-state index contributed by atoms with van der Waals surface area (Å²) < 4.78 is 0. The Morgan fingerprint density at radius 2 is 2.00 bits per heavy atom. The standard InChI is InChI=1S/C16H22N2O3/c1-11(2)9-18(10-15(19)20)16(21)17-14-7-6-12-4-3-5-13(12)8-14/h6-8,11H,3-5,9-10H2,1-2H3,(H,17,21)(H,19,20). The number of rotatable bonds is 5. The van der Waals surface area contributed by atoms with Gasteiger partial charge in [0, 0.05) is 12.2 Å². The SMILES string of the molecule is CC(C)CN(CC(=O)O)C(=O)Nc1ccc2c(c1)CCC2. The van der Waals surface area contributed by atoms with Crippen LogP contribution in [0.15, 0.2) is 18.2 Å². The van der Waals surface area contributed by atoms with Gasteiger partial charge in [-0.2, -0.15) is 0 Å². The fourth-order valence-electron chi connectivity index (χ4n) is 2.68. The highest BCUT2D eigenvalue weighted by molar-refractivity contribution is 5.91. The largest absolute Gasteiger partial charge is 0.480 e. The number of amides is 2. The van der Waals surface area contributed by atoms with Crippen molar-refractivity contribution in [3.05, 3.63) is 29.3 Å². The molecular weight excluding hydrogens is 268 g/mol. The van der Waals surface area contributed by atoms with E-state index in [2.05, 4.69) is 5.32 Å². The highest BCUT2D eigenvalue weighted by atomic mass is 16.4. The monoisotopic (exact) mass is 290 g/mol. The summed E-state index contributed by atoms with van der Waals surface area (Å²) in [5.74, 6) is -0.783. The molecule has 1 aliphatic carbocycles. The van der Waals surface area contributed by atoms with Crippen molar-refractivity contribution in [1.29, 1.82) is 0 Å². The molecule has 1 aliphatic rings. The van der Waals surface area contributed by atoms with Crippen molar-refractivity contribution < 1.29 is 14.7 Å². The molecule has 0 atom stereocenters. The summed E-state index contributed by atoms with van der Waals surface area (Å²) in [5, 5.41) is 11.7. The molecule has 0 aliphatic heterocycles. The Balaban J connectivity index is 2.05. The average Bonchev–Trinajstić information content (AvgIpc) is 2.84. The van der Waals surface area contributed by atoms with Gasteiger partial charge < -0.3 is 15.3 Å². The van der Waals surface area contributed by atoms with Crippen LogP contribution in [0.25, 0.3) is 0 Å². The van der Waals surface area contributed by atoms with Crippen molar-refractivity contribution in [2.45, 2.75) is 33.1 Å². The highest BCUT2D eigenvalue weighted by Crippen LogP contribution is 2.25. The molecule has 114 valence electrons. The fraction of sp³-hybridized carbons (Fsp3) is 0.500. The Morgan fingerprint density at radius 1 is 1.29 bits per heavy atom. The van der Waals surface area contributed by atoms with Crippen LogP contribution in [0.1, 0.15) is 31.4 Å². The lowest BCUT2D eigenvalue weighted by atomic mass is 10.1. The highest BCUT2D eigenvalue weighted by Gasteiger charge is 2.19. The van der Waals surface area contributed by atoms with Gasteiger partial charge in [-0.3, -0.25) is 4.79 Å². The van der Waals surface area contributed by atoms with Crippen molar-refractivity contribution in [2.75, 3.05) is 18.4 Å². The second-order valence-corrected chi connectivity index (χ2v) is 5.94. The molecule has 0 bridgehead atoms. The van der Waals surface area contributed by atoms with Crippen LogP contribution >= 0.6 is 0 Å². The summed E-state index contributed by atoms with van der Waals surface area (Å²) in [6, 6.07) is 5.57. The first-order valence-electron chi connectivity index (χ1n) is 7.35. The van der Waals surface area contributed by atoms with Crippen LogP contribution in [0.2, 0.25) is 0 Å². The van der Waals surface area contributed by atoms with Crippen LogP contribution < -0.4 is 5.32 Å². The zero-order valence-electron chi connectivity index (χ0n) is 12.6. The molecule has 5 heteroatoms. The molecule has 0 saturated heterocycles. The number of aliphatic carboxylic acids is 1. The van der Waals surface area contributed by atoms with Gasteiger partial charge in [-0.25, -0.2) is 4.79 Å². The molecule has 0 unspecified atom stereocenters. The van der Waals surface area contributed by atoms with E-state index < -0.39 is 5.97 Å². The Kier molecular flexibility index (Phi) is 4.83. The number of carboxylic acid groups (broad SMARTS) is 1. The molecule has 0 radical (unpaired) electrons. The third kappa shape index (κ3) is 4.21. The quantitative estimate of drug-likeness (QED) is 0.876. The van der Waals surface area contributed by atoms with E-state index in [9.17, 15) is 9.59 Å². The molecule has 2 amide bonds. The minimum atomic E-state index is -1.00. The molecule has 1 aromatic rings. The summed E-state index contributed by atoms with van der Waals surface area (Å²) in [4.78, 5) is 24.4. The van der Waals surface area contributed by atoms with Gasteiger partial charge in [0.15, 0.2) is 0 Å². The molecular formula is C16H22N2O3. The number of fused-ring (bicyclic) bond motifs is 1. The number of anilines is 1. The van der Waals surface area contributed by atoms with Crippen LogP contribution in [-0.4, -0.2) is 35.1 Å². The number of carbonyl (C=O) groups excluding carboxylic acids is 1. The predicted octanol–water partition coefficient (Wildman–Crippen LogP) is 2.75. The zero-order chi connectivity index (χ0) is 15.4. The molecule has 21 heavy (non-hydrogen) atoms. The number of hydrogen-bond acceptors (Lipinski definition) is 2. The Hall–Kier alpha value is -2.04. The minimum absolute atomic E-state index is 0.218. The van der Waals surface area contributed by atoms with Gasteiger partial charge in [0.2, 0.25) is 0 Å². The van der Waals surface area contributed by atoms with Crippen molar-refractivity contribution in [3.63, 3.8) is 0 Å². The number of hydrogen-bond donors (Lipinski definition) is 2. The lowest BCUT2D eigenvalue weighted by molar-refractivity contribution is -0.137. The van der Waals surface area contributed by atoms with Gasteiger partial charge in [-0.05, 0) is 48.4 Å². The van der Waals surface area contributed by atoms with Gasteiger partial charge in [0.05, 0.1) is 0 Å². The first-order chi connectivity index (χ1) is 9.95. The lowest BCUT2D eigenvalue weighted by Crippen LogP contribution is -2.40. The van der Waals surface area contributed by atoms with Gasteiger partial charge >= 0.3 is 12.0 Å². The molecule has 1 aromatic carbocycles. The van der Waals surface area contributed by atoms with Gasteiger partial charge in [-0.1, -0.05) is 19.9 Å². The minimum Gasteiger partial charge on any atom is -0.480 e. The summed E-state index contributed by atoms with van der Waals surface area (Å²) in [5.41, 5.74) is 3.36. The summed E-state index contributed by atoms with van der Waals surface area (Å²) in [6.07, 6.45) is 3.30. The number of nitrogens with one attached hydrogen (secondary N) is 1. The van der Waals surface area contributed by atoms with Crippen LogP contribution in [0.4, 0.5) is 10.5 Å². The first kappa shape index (κ1) is 15.4. The van der Waals surface area contributed by atoms with E-state index in [1.54, 1.807) is 0 Å². The van der Waals surface area contributed by atoms with E-state index in [0.717, 1.165) is 24.9 Å². The summed E-state index contributed by atoms with van der Waals surface area (Å²) in [7, 11) is 0. The summed E-state index contributed by atoms with van der Waals surface area (Å²) in [6.45, 7) is 4.05.